The van der Waals surface area contributed by atoms with Crippen molar-refractivity contribution in [3.8, 4) is 0 Å². The third-order valence-electron chi connectivity index (χ3n) is 3.50. The van der Waals surface area contributed by atoms with Crippen molar-refractivity contribution in [2.24, 2.45) is 10.7 Å². The van der Waals surface area contributed by atoms with E-state index in [4.69, 9.17) is 10.5 Å². The second-order valence-corrected chi connectivity index (χ2v) is 5.86. The van der Waals surface area contributed by atoms with Crippen LogP contribution >= 0.6 is 11.3 Å². The summed E-state index contributed by atoms with van der Waals surface area (Å²) in [6.07, 6.45) is 2.56. The van der Waals surface area contributed by atoms with Gasteiger partial charge in [0.1, 0.15) is 0 Å². The largest absolute Gasteiger partial charge is 0.376 e. The molecule has 0 aliphatic carbocycles. The Morgan fingerprint density at radius 1 is 1.61 bits per heavy atom. The van der Waals surface area contributed by atoms with Crippen LogP contribution in [0.15, 0.2) is 10.4 Å². The molecule has 2 atom stereocenters. The van der Waals surface area contributed by atoms with Crippen LogP contribution in [0.4, 0.5) is 0 Å². The van der Waals surface area contributed by atoms with Crippen LogP contribution in [0.5, 0.6) is 0 Å². The molecule has 3 heterocycles. The Morgan fingerprint density at radius 2 is 2.50 bits per heavy atom. The summed E-state index contributed by atoms with van der Waals surface area (Å²) in [6.45, 7) is 4.44. The smallest absolute Gasteiger partial charge is 0.192 e. The molecule has 1 aromatic rings. The van der Waals surface area contributed by atoms with Crippen LogP contribution in [0.3, 0.4) is 0 Å². The third kappa shape index (κ3) is 2.22. The fourth-order valence-electron chi connectivity index (χ4n) is 2.54. The number of guanidine groups is 1. The van der Waals surface area contributed by atoms with Gasteiger partial charge in [-0.15, -0.1) is 11.3 Å². The molecule has 1 aromatic heterocycles. The van der Waals surface area contributed by atoms with Gasteiger partial charge in [-0.05, 0) is 19.8 Å². The summed E-state index contributed by atoms with van der Waals surface area (Å²) in [6, 6.07) is 0.194. The summed E-state index contributed by atoms with van der Waals surface area (Å²) in [7, 11) is 0. The fourth-order valence-corrected chi connectivity index (χ4v) is 3.20. The van der Waals surface area contributed by atoms with E-state index in [0.717, 1.165) is 36.7 Å². The number of thiazole rings is 1. The van der Waals surface area contributed by atoms with E-state index < -0.39 is 0 Å². The number of nitrogens with two attached hydrogens (primary N) is 1. The number of nitrogens with zero attached hydrogens (tertiary/aromatic N) is 3. The molecule has 0 spiro atoms. The monoisotopic (exact) mass is 266 g/mol. The van der Waals surface area contributed by atoms with Crippen molar-refractivity contribution in [3.63, 3.8) is 0 Å². The average Bonchev–Trinajstić information content (AvgIpc) is 3.04. The highest BCUT2D eigenvalue weighted by Gasteiger charge is 2.32. The molecule has 0 bridgehead atoms. The van der Waals surface area contributed by atoms with Crippen molar-refractivity contribution in [1.82, 2.24) is 9.88 Å². The summed E-state index contributed by atoms with van der Waals surface area (Å²) in [5.74, 6) is 0.626. The average molecular weight is 266 g/mol. The highest BCUT2D eigenvalue weighted by molar-refractivity contribution is 7.09. The Bertz CT molecular complexity index is 453. The first-order chi connectivity index (χ1) is 8.74. The first-order valence-corrected chi connectivity index (χ1v) is 7.22. The van der Waals surface area contributed by atoms with Gasteiger partial charge in [0.05, 0.1) is 29.4 Å². The lowest BCUT2D eigenvalue weighted by molar-refractivity contribution is 0.0849. The molecule has 2 N–H and O–H groups in total. The van der Waals surface area contributed by atoms with Crippen molar-refractivity contribution in [2.45, 2.75) is 31.9 Å². The molecule has 0 amide bonds. The van der Waals surface area contributed by atoms with E-state index in [0.29, 0.717) is 18.6 Å². The van der Waals surface area contributed by atoms with Gasteiger partial charge in [-0.3, -0.25) is 4.99 Å². The van der Waals surface area contributed by atoms with Gasteiger partial charge in [0.2, 0.25) is 0 Å². The maximum absolute atomic E-state index is 5.99. The summed E-state index contributed by atoms with van der Waals surface area (Å²) in [4.78, 5) is 11.1. The lowest BCUT2D eigenvalue weighted by Crippen LogP contribution is -2.41. The molecule has 2 unspecified atom stereocenters. The van der Waals surface area contributed by atoms with Gasteiger partial charge in [0.25, 0.3) is 0 Å². The van der Waals surface area contributed by atoms with Crippen molar-refractivity contribution in [3.05, 3.63) is 16.1 Å². The molecular weight excluding hydrogens is 248 g/mol. The van der Waals surface area contributed by atoms with Crippen LogP contribution < -0.4 is 5.73 Å². The molecule has 98 valence electrons. The van der Waals surface area contributed by atoms with E-state index >= 15 is 0 Å². The number of ether oxygens (including phenoxy) is 1. The Kier molecular flexibility index (Phi) is 3.22. The quantitative estimate of drug-likeness (QED) is 0.895. The molecule has 5 nitrogen and oxygen atoms in total. The van der Waals surface area contributed by atoms with Gasteiger partial charge in [0, 0.05) is 18.5 Å². The molecule has 0 radical (unpaired) electrons. The second kappa shape index (κ2) is 4.85. The normalized spacial score (nSPS) is 27.8. The number of rotatable bonds is 3. The molecule has 0 aromatic carbocycles. The van der Waals surface area contributed by atoms with E-state index in [2.05, 4.69) is 20.3 Å². The molecule has 18 heavy (non-hydrogen) atoms. The SMILES string of the molecule is Cc1nc(C2CN=C(N)N2CC2CCCO2)cs1. The zero-order valence-corrected chi connectivity index (χ0v) is 11.3. The van der Waals surface area contributed by atoms with E-state index in [1.54, 1.807) is 11.3 Å². The van der Waals surface area contributed by atoms with E-state index in [-0.39, 0.29) is 6.04 Å². The first-order valence-electron chi connectivity index (χ1n) is 6.34. The van der Waals surface area contributed by atoms with Crippen molar-refractivity contribution in [1.29, 1.82) is 0 Å². The zero-order valence-electron chi connectivity index (χ0n) is 10.5. The Morgan fingerprint density at radius 3 is 3.17 bits per heavy atom. The Balaban J connectivity index is 1.74. The maximum atomic E-state index is 5.99. The van der Waals surface area contributed by atoms with Crippen LogP contribution in [0.2, 0.25) is 0 Å². The minimum atomic E-state index is 0.194. The molecule has 6 heteroatoms. The summed E-state index contributed by atoms with van der Waals surface area (Å²) < 4.78 is 5.68. The van der Waals surface area contributed by atoms with Gasteiger partial charge < -0.3 is 15.4 Å². The summed E-state index contributed by atoms with van der Waals surface area (Å²) in [5, 5.41) is 3.20. The van der Waals surface area contributed by atoms with Crippen LogP contribution in [0.25, 0.3) is 0 Å². The van der Waals surface area contributed by atoms with E-state index in [9.17, 15) is 0 Å². The zero-order chi connectivity index (χ0) is 12.5. The highest BCUT2D eigenvalue weighted by Crippen LogP contribution is 2.28. The standard InChI is InChI=1S/C12H18N4OS/c1-8-15-10(7-18-8)11-5-14-12(13)16(11)6-9-3-2-4-17-9/h7,9,11H,2-6H2,1H3,(H2,13,14). The van der Waals surface area contributed by atoms with Gasteiger partial charge in [-0.2, -0.15) is 0 Å². The van der Waals surface area contributed by atoms with Crippen LogP contribution in [0.1, 0.15) is 29.6 Å². The van der Waals surface area contributed by atoms with Crippen LogP contribution in [-0.4, -0.2) is 41.6 Å². The Hall–Kier alpha value is -1.14. The van der Waals surface area contributed by atoms with Gasteiger partial charge in [-0.1, -0.05) is 0 Å². The minimum Gasteiger partial charge on any atom is -0.376 e. The van der Waals surface area contributed by atoms with Crippen molar-refractivity contribution in [2.75, 3.05) is 19.7 Å². The molecule has 2 aliphatic heterocycles. The molecule has 0 saturated carbocycles. The third-order valence-corrected chi connectivity index (χ3v) is 4.29. The second-order valence-electron chi connectivity index (χ2n) is 4.79. The van der Waals surface area contributed by atoms with Gasteiger partial charge >= 0.3 is 0 Å². The predicted molar refractivity (Wildman–Crippen MR) is 71.8 cm³/mol. The minimum absolute atomic E-state index is 0.194. The summed E-state index contributed by atoms with van der Waals surface area (Å²) in [5.41, 5.74) is 7.07. The topological polar surface area (TPSA) is 63.7 Å². The summed E-state index contributed by atoms with van der Waals surface area (Å²) >= 11 is 1.68. The number of hydrogen-bond donors (Lipinski definition) is 1. The Labute approximate surface area is 111 Å². The fraction of sp³-hybridized carbons (Fsp3) is 0.667. The molecule has 2 aliphatic rings. The van der Waals surface area contributed by atoms with Crippen LogP contribution in [0, 0.1) is 6.92 Å². The van der Waals surface area contributed by atoms with Crippen LogP contribution in [-0.2, 0) is 4.74 Å². The van der Waals surface area contributed by atoms with Gasteiger partial charge in [0.15, 0.2) is 5.96 Å². The lowest BCUT2D eigenvalue weighted by atomic mass is 10.1. The van der Waals surface area contributed by atoms with E-state index in [1.165, 1.54) is 0 Å². The number of aromatic nitrogens is 1. The van der Waals surface area contributed by atoms with Gasteiger partial charge in [-0.25, -0.2) is 4.98 Å². The van der Waals surface area contributed by atoms with Crippen molar-refractivity contribution >= 4 is 17.3 Å². The first kappa shape index (κ1) is 11.9. The van der Waals surface area contributed by atoms with Crippen molar-refractivity contribution < 1.29 is 4.74 Å². The molecular formula is C12H18N4OS. The highest BCUT2D eigenvalue weighted by atomic mass is 32.1. The predicted octanol–water partition coefficient (Wildman–Crippen LogP) is 1.30. The number of aryl methyl sites for hydroxylation is 1. The maximum Gasteiger partial charge on any atom is 0.192 e. The number of hydrogen-bond acceptors (Lipinski definition) is 6. The lowest BCUT2D eigenvalue weighted by Gasteiger charge is -2.27. The molecule has 1 saturated heterocycles. The number of aliphatic imine (C=N–C) groups is 1. The molecule has 1 fully saturated rings. The molecule has 3 rings (SSSR count). The van der Waals surface area contributed by atoms with E-state index in [1.807, 2.05) is 6.92 Å².